The van der Waals surface area contributed by atoms with Gasteiger partial charge < -0.3 is 5.32 Å². The van der Waals surface area contributed by atoms with E-state index in [0.29, 0.717) is 0 Å². The van der Waals surface area contributed by atoms with Gasteiger partial charge >= 0.3 is 0 Å². The SMILES string of the molecule is CC.CCC1C(=O)NC(c2ccccc2)CC1(C)C.[HH]. The van der Waals surface area contributed by atoms with Gasteiger partial charge in [-0.2, -0.15) is 0 Å². The third-order valence-electron chi connectivity index (χ3n) is 3.92. The molecule has 1 aliphatic heterocycles. The van der Waals surface area contributed by atoms with Gasteiger partial charge in [0.1, 0.15) is 0 Å². The molecular formula is C17H29NO. The topological polar surface area (TPSA) is 29.1 Å². The third-order valence-corrected chi connectivity index (χ3v) is 3.92. The quantitative estimate of drug-likeness (QED) is 0.832. The highest BCUT2D eigenvalue weighted by Crippen LogP contribution is 2.42. The summed E-state index contributed by atoms with van der Waals surface area (Å²) in [4.78, 5) is 12.1. The largest absolute Gasteiger partial charge is 0.349 e. The first-order valence-electron chi connectivity index (χ1n) is 7.40. The zero-order chi connectivity index (χ0) is 14.5. The monoisotopic (exact) mass is 263 g/mol. The van der Waals surface area contributed by atoms with Gasteiger partial charge in [-0.05, 0) is 23.8 Å². The van der Waals surface area contributed by atoms with Crippen molar-refractivity contribution in [2.45, 2.75) is 53.5 Å². The number of nitrogens with one attached hydrogen (secondary N) is 1. The lowest BCUT2D eigenvalue weighted by Gasteiger charge is -2.42. The van der Waals surface area contributed by atoms with Crippen molar-refractivity contribution in [3.8, 4) is 0 Å². The molecule has 2 nitrogen and oxygen atoms in total. The van der Waals surface area contributed by atoms with Crippen LogP contribution in [-0.2, 0) is 4.79 Å². The molecule has 1 aromatic carbocycles. The lowest BCUT2D eigenvalue weighted by atomic mass is 9.69. The van der Waals surface area contributed by atoms with Crippen molar-refractivity contribution in [3.05, 3.63) is 35.9 Å². The van der Waals surface area contributed by atoms with Crippen LogP contribution in [0.2, 0.25) is 0 Å². The van der Waals surface area contributed by atoms with Crippen LogP contribution >= 0.6 is 0 Å². The minimum Gasteiger partial charge on any atom is -0.349 e. The maximum absolute atomic E-state index is 12.1. The number of hydrogen-bond donors (Lipinski definition) is 1. The summed E-state index contributed by atoms with van der Waals surface area (Å²) in [6.45, 7) is 10.5. The van der Waals surface area contributed by atoms with Crippen molar-refractivity contribution in [3.63, 3.8) is 0 Å². The van der Waals surface area contributed by atoms with Crippen LogP contribution < -0.4 is 5.32 Å². The molecule has 2 atom stereocenters. The Kier molecular flexibility index (Phi) is 5.59. The summed E-state index contributed by atoms with van der Waals surface area (Å²) < 4.78 is 0. The summed E-state index contributed by atoms with van der Waals surface area (Å²) in [6, 6.07) is 10.4. The first-order chi connectivity index (χ1) is 9.04. The molecule has 2 heteroatoms. The molecule has 1 fully saturated rings. The molecule has 1 aromatic rings. The van der Waals surface area contributed by atoms with E-state index in [1.807, 2.05) is 32.0 Å². The van der Waals surface area contributed by atoms with Crippen LogP contribution in [0.4, 0.5) is 0 Å². The summed E-state index contributed by atoms with van der Waals surface area (Å²) in [6.07, 6.45) is 1.93. The van der Waals surface area contributed by atoms with E-state index in [4.69, 9.17) is 0 Å². The van der Waals surface area contributed by atoms with Gasteiger partial charge in [-0.15, -0.1) is 0 Å². The Morgan fingerprint density at radius 3 is 2.32 bits per heavy atom. The lowest BCUT2D eigenvalue weighted by Crippen LogP contribution is -2.47. The lowest BCUT2D eigenvalue weighted by molar-refractivity contribution is -0.133. The van der Waals surface area contributed by atoms with Crippen LogP contribution in [0.3, 0.4) is 0 Å². The minimum absolute atomic E-state index is 0. The number of carbonyl (C=O) groups is 1. The van der Waals surface area contributed by atoms with Crippen molar-refractivity contribution in [2.24, 2.45) is 11.3 Å². The molecule has 1 amide bonds. The number of rotatable bonds is 2. The van der Waals surface area contributed by atoms with Gasteiger partial charge in [0.2, 0.25) is 5.91 Å². The van der Waals surface area contributed by atoms with E-state index in [1.54, 1.807) is 0 Å². The van der Waals surface area contributed by atoms with Gasteiger partial charge in [-0.3, -0.25) is 4.79 Å². The van der Waals surface area contributed by atoms with Gasteiger partial charge in [0.05, 0.1) is 6.04 Å². The summed E-state index contributed by atoms with van der Waals surface area (Å²) >= 11 is 0. The Morgan fingerprint density at radius 1 is 1.26 bits per heavy atom. The Balaban J connectivity index is 0.00000115. The summed E-state index contributed by atoms with van der Waals surface area (Å²) in [5.41, 5.74) is 1.29. The predicted molar refractivity (Wildman–Crippen MR) is 83.0 cm³/mol. The molecule has 0 saturated carbocycles. The molecule has 0 aromatic heterocycles. The van der Waals surface area contributed by atoms with Crippen LogP contribution in [0.25, 0.3) is 0 Å². The second-order valence-electron chi connectivity index (χ2n) is 5.63. The normalized spacial score (nSPS) is 25.0. The van der Waals surface area contributed by atoms with Gasteiger partial charge in [-0.1, -0.05) is 65.0 Å². The molecule has 108 valence electrons. The van der Waals surface area contributed by atoms with E-state index in [1.165, 1.54) is 5.56 Å². The zero-order valence-corrected chi connectivity index (χ0v) is 12.9. The van der Waals surface area contributed by atoms with Crippen molar-refractivity contribution in [1.82, 2.24) is 5.32 Å². The van der Waals surface area contributed by atoms with Crippen LogP contribution in [0.1, 0.15) is 60.5 Å². The molecule has 0 spiro atoms. The average Bonchev–Trinajstić information content (AvgIpc) is 2.41. The van der Waals surface area contributed by atoms with Crippen molar-refractivity contribution < 1.29 is 6.22 Å². The van der Waals surface area contributed by atoms with Crippen LogP contribution in [-0.4, -0.2) is 5.91 Å². The Morgan fingerprint density at radius 2 is 1.84 bits per heavy atom. The van der Waals surface area contributed by atoms with Crippen LogP contribution in [0.15, 0.2) is 30.3 Å². The van der Waals surface area contributed by atoms with Crippen LogP contribution in [0, 0.1) is 11.3 Å². The van der Waals surface area contributed by atoms with Crippen LogP contribution in [0.5, 0.6) is 0 Å². The smallest absolute Gasteiger partial charge is 0.224 e. The second kappa shape index (κ2) is 6.74. The Bertz CT molecular complexity index is 403. The van der Waals surface area contributed by atoms with Crippen molar-refractivity contribution in [1.29, 1.82) is 0 Å². The minimum atomic E-state index is 0. The highest BCUT2D eigenvalue weighted by atomic mass is 16.2. The molecule has 1 saturated heterocycles. The highest BCUT2D eigenvalue weighted by Gasteiger charge is 2.41. The van der Waals surface area contributed by atoms with Gasteiger partial charge in [0, 0.05) is 7.34 Å². The summed E-state index contributed by atoms with van der Waals surface area (Å²) in [5.74, 6) is 0.347. The van der Waals surface area contributed by atoms with E-state index < -0.39 is 0 Å². The fourth-order valence-corrected chi connectivity index (χ4v) is 2.97. The molecule has 1 aliphatic rings. The van der Waals surface area contributed by atoms with Crippen molar-refractivity contribution >= 4 is 5.91 Å². The van der Waals surface area contributed by atoms with Gasteiger partial charge in [0.15, 0.2) is 0 Å². The molecule has 0 radical (unpaired) electrons. The van der Waals surface area contributed by atoms with E-state index in [9.17, 15) is 4.79 Å². The maximum atomic E-state index is 12.1. The number of amides is 1. The first-order valence-corrected chi connectivity index (χ1v) is 7.40. The predicted octanol–water partition coefficient (Wildman–Crippen LogP) is 4.57. The van der Waals surface area contributed by atoms with E-state index in [2.05, 4.69) is 38.2 Å². The van der Waals surface area contributed by atoms with Gasteiger partial charge in [0.25, 0.3) is 0 Å². The van der Waals surface area contributed by atoms with E-state index in [0.717, 1.165) is 12.8 Å². The van der Waals surface area contributed by atoms with E-state index >= 15 is 0 Å². The highest BCUT2D eigenvalue weighted by molar-refractivity contribution is 5.80. The molecule has 2 unspecified atom stereocenters. The number of carbonyl (C=O) groups excluding carboxylic acids is 1. The van der Waals surface area contributed by atoms with E-state index in [-0.39, 0.29) is 24.7 Å². The first kappa shape index (κ1) is 15.7. The number of piperidine rings is 1. The summed E-state index contributed by atoms with van der Waals surface area (Å²) in [5, 5.41) is 3.15. The maximum Gasteiger partial charge on any atom is 0.224 e. The Hall–Kier alpha value is -1.31. The van der Waals surface area contributed by atoms with Gasteiger partial charge in [-0.25, -0.2) is 0 Å². The molecule has 1 N–H and O–H groups in total. The summed E-state index contributed by atoms with van der Waals surface area (Å²) in [7, 11) is 0. The fourth-order valence-electron chi connectivity index (χ4n) is 2.97. The molecule has 19 heavy (non-hydrogen) atoms. The zero-order valence-electron chi connectivity index (χ0n) is 12.9. The third kappa shape index (κ3) is 3.59. The molecule has 1 heterocycles. The number of benzene rings is 1. The molecule has 0 bridgehead atoms. The molecular weight excluding hydrogens is 234 g/mol. The number of hydrogen-bond acceptors (Lipinski definition) is 1. The fraction of sp³-hybridized carbons (Fsp3) is 0.588. The average molecular weight is 263 g/mol. The Labute approximate surface area is 119 Å². The molecule has 2 rings (SSSR count). The van der Waals surface area contributed by atoms with Crippen molar-refractivity contribution in [2.75, 3.05) is 0 Å². The second-order valence-corrected chi connectivity index (χ2v) is 5.63. The molecule has 0 aliphatic carbocycles. The standard InChI is InChI=1S/C15H21NO.C2H6.H2/c1-4-12-14(17)16-13(10-15(12,2)3)11-8-6-5-7-9-11;1-2;/h5-9,12-13H,4,10H2,1-3H3,(H,16,17);1-2H3;1H.